The molecule has 1 saturated heterocycles. The van der Waals surface area contributed by atoms with Crippen LogP contribution >= 0.6 is 0 Å². The van der Waals surface area contributed by atoms with Gasteiger partial charge < -0.3 is 20.0 Å². The van der Waals surface area contributed by atoms with Crippen molar-refractivity contribution in [2.24, 2.45) is 0 Å². The Morgan fingerprint density at radius 1 is 0.968 bits per heavy atom. The van der Waals surface area contributed by atoms with E-state index in [1.54, 1.807) is 29.2 Å². The molecule has 3 N–H and O–H groups in total. The fourth-order valence-electron chi connectivity index (χ4n) is 3.89. The molecule has 0 aliphatic carbocycles. The molecule has 6 nitrogen and oxygen atoms in total. The molecule has 2 heterocycles. The van der Waals surface area contributed by atoms with Crippen LogP contribution in [0.5, 0.6) is 0 Å². The predicted octanol–water partition coefficient (Wildman–Crippen LogP) is 2.95. The highest BCUT2D eigenvalue weighted by Gasteiger charge is 2.16. The molecule has 0 bridgehead atoms. The molecule has 0 saturated carbocycles. The second-order valence-electron chi connectivity index (χ2n) is 8.09. The van der Waals surface area contributed by atoms with Crippen LogP contribution in [0.15, 0.2) is 65.3 Å². The van der Waals surface area contributed by atoms with Gasteiger partial charge in [0.25, 0.3) is 11.8 Å². The summed E-state index contributed by atoms with van der Waals surface area (Å²) in [6, 6.07) is 17.0. The monoisotopic (exact) mass is 418 g/mol. The molecule has 1 fully saturated rings. The normalized spacial score (nSPS) is 13.8. The predicted molar refractivity (Wildman–Crippen MR) is 119 cm³/mol. The second kappa shape index (κ2) is 9.62. The number of rotatable bonds is 7. The smallest absolute Gasteiger partial charge is 0.291 e. The molecule has 160 valence electrons. The van der Waals surface area contributed by atoms with Crippen LogP contribution in [0.3, 0.4) is 0 Å². The van der Waals surface area contributed by atoms with Gasteiger partial charge in [0.1, 0.15) is 6.54 Å². The van der Waals surface area contributed by atoms with E-state index in [2.05, 4.69) is 34.9 Å². The van der Waals surface area contributed by atoms with E-state index in [0.29, 0.717) is 17.8 Å². The molecule has 1 aliphatic rings. The largest absolute Gasteiger partial charge is 0.459 e. The highest BCUT2D eigenvalue weighted by molar-refractivity contribution is 6.03. The Labute approximate surface area is 182 Å². The summed E-state index contributed by atoms with van der Waals surface area (Å²) < 4.78 is 5.13. The molecule has 4 rings (SSSR count). The van der Waals surface area contributed by atoms with Crippen molar-refractivity contribution >= 4 is 17.5 Å². The van der Waals surface area contributed by atoms with Crippen molar-refractivity contribution in [1.29, 1.82) is 0 Å². The van der Waals surface area contributed by atoms with Gasteiger partial charge in [-0.1, -0.05) is 30.3 Å². The van der Waals surface area contributed by atoms with Crippen molar-refractivity contribution in [3.05, 3.63) is 88.9 Å². The molecule has 0 spiro atoms. The van der Waals surface area contributed by atoms with Crippen molar-refractivity contribution in [1.82, 2.24) is 5.32 Å². The van der Waals surface area contributed by atoms with E-state index in [0.717, 1.165) is 17.7 Å². The number of quaternary nitrogens is 1. The van der Waals surface area contributed by atoms with Crippen LogP contribution in [0, 0.1) is 6.92 Å². The molecule has 31 heavy (non-hydrogen) atoms. The maximum Gasteiger partial charge on any atom is 0.291 e. The van der Waals surface area contributed by atoms with E-state index < -0.39 is 0 Å². The van der Waals surface area contributed by atoms with Gasteiger partial charge in [0.15, 0.2) is 5.76 Å². The van der Waals surface area contributed by atoms with E-state index in [1.165, 1.54) is 37.8 Å². The van der Waals surface area contributed by atoms with Crippen LogP contribution in [-0.2, 0) is 13.1 Å². The van der Waals surface area contributed by atoms with Gasteiger partial charge in [0, 0.05) is 36.2 Å². The van der Waals surface area contributed by atoms with Crippen LogP contribution in [0.2, 0.25) is 0 Å². The summed E-state index contributed by atoms with van der Waals surface area (Å²) in [4.78, 5) is 26.5. The minimum Gasteiger partial charge on any atom is -0.459 e. The van der Waals surface area contributed by atoms with Crippen molar-refractivity contribution < 1.29 is 18.9 Å². The Morgan fingerprint density at radius 2 is 1.71 bits per heavy atom. The highest BCUT2D eigenvalue weighted by Crippen LogP contribution is 2.18. The van der Waals surface area contributed by atoms with Crippen molar-refractivity contribution in [2.75, 3.05) is 18.4 Å². The average Bonchev–Trinajstić information content (AvgIpc) is 3.49. The number of likely N-dealkylation sites (tertiary alicyclic amines) is 1. The van der Waals surface area contributed by atoms with Crippen molar-refractivity contribution in [3.63, 3.8) is 0 Å². The number of benzene rings is 2. The number of carbonyl (C=O) groups is 2. The van der Waals surface area contributed by atoms with Crippen LogP contribution in [0.25, 0.3) is 0 Å². The quantitative estimate of drug-likeness (QED) is 0.552. The Balaban J connectivity index is 1.34. The number of anilines is 1. The Bertz CT molecular complexity index is 1040. The van der Waals surface area contributed by atoms with Gasteiger partial charge in [-0.3, -0.25) is 9.59 Å². The number of hydrogen-bond acceptors (Lipinski definition) is 3. The van der Waals surface area contributed by atoms with Gasteiger partial charge in [-0.2, -0.15) is 0 Å². The van der Waals surface area contributed by atoms with Crippen LogP contribution < -0.4 is 15.5 Å². The molecule has 2 amide bonds. The molecule has 0 atom stereocenters. The molecule has 2 aromatic carbocycles. The zero-order valence-electron chi connectivity index (χ0n) is 17.7. The lowest BCUT2D eigenvalue weighted by Crippen LogP contribution is -3.08. The summed E-state index contributed by atoms with van der Waals surface area (Å²) in [5, 5.41) is 5.76. The summed E-state index contributed by atoms with van der Waals surface area (Å²) in [6.07, 6.45) is 4.10. The fraction of sp³-hybridized carbons (Fsp3) is 0.280. The topological polar surface area (TPSA) is 75.8 Å². The van der Waals surface area contributed by atoms with Gasteiger partial charge in [-0.25, -0.2) is 0 Å². The Kier molecular flexibility index (Phi) is 6.48. The number of aryl methyl sites for hydroxylation is 1. The lowest BCUT2D eigenvalue weighted by molar-refractivity contribution is -0.901. The zero-order valence-corrected chi connectivity index (χ0v) is 17.7. The lowest BCUT2D eigenvalue weighted by atomic mass is 10.1. The van der Waals surface area contributed by atoms with Gasteiger partial charge in [-0.05, 0) is 42.3 Å². The third-order valence-electron chi connectivity index (χ3n) is 5.73. The minimum absolute atomic E-state index is 0.181. The first-order valence-electron chi connectivity index (χ1n) is 10.7. The van der Waals surface area contributed by atoms with Crippen LogP contribution in [0.1, 0.15) is 50.4 Å². The molecule has 1 aromatic heterocycles. The summed E-state index contributed by atoms with van der Waals surface area (Å²) in [5.41, 5.74) is 4.35. The molecule has 3 aromatic rings. The van der Waals surface area contributed by atoms with Crippen molar-refractivity contribution in [2.45, 2.75) is 32.9 Å². The molecule has 6 heteroatoms. The van der Waals surface area contributed by atoms with Gasteiger partial charge >= 0.3 is 0 Å². The first-order valence-corrected chi connectivity index (χ1v) is 10.7. The fourth-order valence-corrected chi connectivity index (χ4v) is 3.89. The number of furan rings is 1. The first-order chi connectivity index (χ1) is 15.1. The van der Waals surface area contributed by atoms with E-state index in [4.69, 9.17) is 4.42 Å². The molecule has 0 radical (unpaired) electrons. The number of amides is 2. The third kappa shape index (κ3) is 5.41. The Morgan fingerprint density at radius 3 is 2.42 bits per heavy atom. The van der Waals surface area contributed by atoms with Crippen LogP contribution in [-0.4, -0.2) is 24.9 Å². The van der Waals surface area contributed by atoms with E-state index in [1.807, 2.05) is 13.0 Å². The summed E-state index contributed by atoms with van der Waals surface area (Å²) in [5.74, 6) is -0.301. The SMILES string of the molecule is Cc1ccc(C(=O)NCc2ccc(C[NH+]3CCCC3)cc2)cc1NC(=O)c1ccco1. The molecule has 1 aliphatic heterocycles. The van der Waals surface area contributed by atoms with Crippen molar-refractivity contribution in [3.8, 4) is 0 Å². The molecular weight excluding hydrogens is 390 g/mol. The number of hydrogen-bond donors (Lipinski definition) is 3. The summed E-state index contributed by atoms with van der Waals surface area (Å²) in [7, 11) is 0. The first kappa shape index (κ1) is 20.9. The van der Waals surface area contributed by atoms with Gasteiger partial charge in [0.2, 0.25) is 0 Å². The maximum absolute atomic E-state index is 12.6. The molecular formula is C25H28N3O3+. The molecule has 0 unspecified atom stereocenters. The average molecular weight is 419 g/mol. The zero-order chi connectivity index (χ0) is 21.6. The third-order valence-corrected chi connectivity index (χ3v) is 5.73. The van der Waals surface area contributed by atoms with E-state index >= 15 is 0 Å². The number of carbonyl (C=O) groups excluding carboxylic acids is 2. The summed E-state index contributed by atoms with van der Waals surface area (Å²) >= 11 is 0. The van der Waals surface area contributed by atoms with E-state index in [-0.39, 0.29) is 17.6 Å². The maximum atomic E-state index is 12.6. The van der Waals surface area contributed by atoms with E-state index in [9.17, 15) is 9.59 Å². The van der Waals surface area contributed by atoms with Gasteiger partial charge in [0.05, 0.1) is 19.4 Å². The standard InChI is InChI=1S/C25H27N3O3/c1-18-6-11-21(15-22(18)27-25(30)23-5-4-14-31-23)24(29)26-16-19-7-9-20(10-8-19)17-28-12-2-3-13-28/h4-11,14-15H,2-3,12-13,16-17H2,1H3,(H,26,29)(H,27,30)/p+1. The Hall–Kier alpha value is -3.38. The second-order valence-corrected chi connectivity index (χ2v) is 8.09. The lowest BCUT2D eigenvalue weighted by Gasteiger charge is -2.13. The highest BCUT2D eigenvalue weighted by atomic mass is 16.3. The number of nitrogens with one attached hydrogen (secondary N) is 3. The summed E-state index contributed by atoms with van der Waals surface area (Å²) in [6.45, 7) is 5.93. The van der Waals surface area contributed by atoms with Crippen LogP contribution in [0.4, 0.5) is 5.69 Å². The van der Waals surface area contributed by atoms with Gasteiger partial charge in [-0.15, -0.1) is 0 Å². The minimum atomic E-state index is -0.346.